The fourth-order valence-corrected chi connectivity index (χ4v) is 10.4. The summed E-state index contributed by atoms with van der Waals surface area (Å²) in [4.78, 5) is 35.8. The van der Waals surface area contributed by atoms with E-state index in [1.807, 2.05) is 21.1 Å². The number of hydrogen-bond acceptors (Lipinski definition) is 7. The van der Waals surface area contributed by atoms with E-state index in [4.69, 9.17) is 18.5 Å². The number of esters is 2. The van der Waals surface area contributed by atoms with Gasteiger partial charge in [0.2, 0.25) is 0 Å². The highest BCUT2D eigenvalue weighted by molar-refractivity contribution is 7.47. The fraction of sp³-hybridized carbons (Fsp3) is 0.853. The molecule has 0 radical (unpaired) electrons. The summed E-state index contributed by atoms with van der Waals surface area (Å²) in [5.74, 6) is -0.784. The molecule has 0 aromatic rings. The Labute approximate surface area is 484 Å². The molecule has 0 amide bonds. The second-order valence-corrected chi connectivity index (χ2v) is 25.3. The normalized spacial score (nSPS) is 13.5. The van der Waals surface area contributed by atoms with Gasteiger partial charge in [-0.1, -0.05) is 281 Å². The number of phosphoric ester groups is 1. The lowest BCUT2D eigenvalue weighted by molar-refractivity contribution is -0.870. The highest BCUT2D eigenvalue weighted by Gasteiger charge is 2.27. The van der Waals surface area contributed by atoms with Gasteiger partial charge in [0.1, 0.15) is 19.8 Å². The van der Waals surface area contributed by atoms with Gasteiger partial charge in [-0.15, -0.1) is 0 Å². The third kappa shape index (κ3) is 63.2. The van der Waals surface area contributed by atoms with Crippen LogP contribution in [0, 0.1) is 0 Å². The minimum atomic E-state index is -4.39. The van der Waals surface area contributed by atoms with E-state index in [1.54, 1.807) is 0 Å². The zero-order chi connectivity index (χ0) is 57.0. The Morgan fingerprint density at radius 2 is 0.692 bits per heavy atom. The molecule has 0 saturated heterocycles. The van der Waals surface area contributed by atoms with E-state index in [9.17, 15) is 19.0 Å². The lowest BCUT2D eigenvalue weighted by Crippen LogP contribution is -2.37. The van der Waals surface area contributed by atoms with Crippen LogP contribution in [-0.4, -0.2) is 74.9 Å². The van der Waals surface area contributed by atoms with E-state index in [1.165, 1.54) is 244 Å². The number of carbonyl (C=O) groups excluding carboxylic acids is 2. The molecule has 9 nitrogen and oxygen atoms in total. The Kier molecular flexibility index (Phi) is 58.0. The summed E-state index contributed by atoms with van der Waals surface area (Å²) < 4.78 is 34.7. The zero-order valence-electron chi connectivity index (χ0n) is 52.2. The first-order valence-electron chi connectivity index (χ1n) is 33.4. The highest BCUT2D eigenvalue weighted by atomic mass is 31.2. The predicted octanol–water partition coefficient (Wildman–Crippen LogP) is 21.3. The molecular formula is C68H129NO8P+. The number of likely N-dealkylation sites (N-methyl/N-ethyl adjacent to an activating group) is 1. The summed E-state index contributed by atoms with van der Waals surface area (Å²) >= 11 is 0. The van der Waals surface area contributed by atoms with Crippen LogP contribution in [0.1, 0.15) is 322 Å². The van der Waals surface area contributed by atoms with Crippen molar-refractivity contribution in [2.45, 2.75) is 328 Å². The lowest BCUT2D eigenvalue weighted by Gasteiger charge is -2.24. The molecule has 458 valence electrons. The number of allylic oxidation sites excluding steroid dienone is 8. The van der Waals surface area contributed by atoms with E-state index >= 15 is 0 Å². The van der Waals surface area contributed by atoms with Gasteiger partial charge in [0.25, 0.3) is 0 Å². The van der Waals surface area contributed by atoms with Gasteiger partial charge in [-0.05, 0) is 77.0 Å². The van der Waals surface area contributed by atoms with Crippen LogP contribution in [0.4, 0.5) is 0 Å². The van der Waals surface area contributed by atoms with Crippen molar-refractivity contribution in [3.63, 3.8) is 0 Å². The van der Waals surface area contributed by atoms with Gasteiger partial charge in [0.05, 0.1) is 27.7 Å². The number of hydrogen-bond donors (Lipinski definition) is 1. The minimum Gasteiger partial charge on any atom is -0.462 e. The van der Waals surface area contributed by atoms with Gasteiger partial charge < -0.3 is 18.9 Å². The van der Waals surface area contributed by atoms with Gasteiger partial charge in [0, 0.05) is 12.8 Å². The molecule has 10 heteroatoms. The van der Waals surface area contributed by atoms with E-state index < -0.39 is 26.5 Å². The van der Waals surface area contributed by atoms with Crippen LogP contribution in [0.25, 0.3) is 0 Å². The van der Waals surface area contributed by atoms with Gasteiger partial charge >= 0.3 is 19.8 Å². The molecule has 78 heavy (non-hydrogen) atoms. The average molecular weight is 1120 g/mol. The first kappa shape index (κ1) is 76.0. The van der Waals surface area contributed by atoms with E-state index in [0.717, 1.165) is 44.9 Å². The SMILES string of the molecule is CCCCCCC/C=C\C/C=C\C/C=C\CCCCCCCCCCCCCCCCCCC(=O)OC(COC(=O)CCCCCCCCCCCCC/C=C\CCCCCCCCCC)COP(=O)(O)OCC[N+](C)(C)C. The van der Waals surface area contributed by atoms with E-state index in [0.29, 0.717) is 23.9 Å². The van der Waals surface area contributed by atoms with Crippen LogP contribution in [0.15, 0.2) is 48.6 Å². The van der Waals surface area contributed by atoms with E-state index in [2.05, 4.69) is 62.5 Å². The summed E-state index contributed by atoms with van der Waals surface area (Å²) in [6.45, 7) is 4.47. The average Bonchev–Trinajstić information content (AvgIpc) is 3.40. The molecule has 0 spiro atoms. The number of unbranched alkanes of at least 4 members (excludes halogenated alkanes) is 40. The molecule has 0 fully saturated rings. The molecule has 2 atom stereocenters. The molecule has 0 aliphatic heterocycles. The number of rotatable bonds is 62. The molecule has 0 aliphatic rings. The fourth-order valence-electron chi connectivity index (χ4n) is 9.67. The summed E-state index contributed by atoms with van der Waals surface area (Å²) in [5.41, 5.74) is 0. The second-order valence-electron chi connectivity index (χ2n) is 23.9. The van der Waals surface area contributed by atoms with Crippen molar-refractivity contribution in [3.8, 4) is 0 Å². The number of phosphoric acid groups is 1. The Balaban J connectivity index is 4.05. The smallest absolute Gasteiger partial charge is 0.462 e. The van der Waals surface area contributed by atoms with Crippen molar-refractivity contribution in [2.24, 2.45) is 0 Å². The largest absolute Gasteiger partial charge is 0.472 e. The highest BCUT2D eigenvalue weighted by Crippen LogP contribution is 2.43. The molecule has 0 saturated carbocycles. The molecule has 0 bridgehead atoms. The van der Waals surface area contributed by atoms with Crippen molar-refractivity contribution < 1.29 is 42.1 Å². The van der Waals surface area contributed by atoms with Gasteiger partial charge in [0.15, 0.2) is 6.10 Å². The van der Waals surface area contributed by atoms with Gasteiger partial charge in [-0.2, -0.15) is 0 Å². The number of carbonyl (C=O) groups is 2. The third-order valence-corrected chi connectivity index (χ3v) is 15.8. The topological polar surface area (TPSA) is 108 Å². The van der Waals surface area contributed by atoms with Crippen LogP contribution >= 0.6 is 7.82 Å². The quantitative estimate of drug-likeness (QED) is 0.0211. The predicted molar refractivity (Wildman–Crippen MR) is 335 cm³/mol. The van der Waals surface area contributed by atoms with Crippen LogP contribution in [0.3, 0.4) is 0 Å². The van der Waals surface area contributed by atoms with Crippen LogP contribution in [0.2, 0.25) is 0 Å². The molecule has 0 aromatic carbocycles. The van der Waals surface area contributed by atoms with Gasteiger partial charge in [-0.3, -0.25) is 18.6 Å². The lowest BCUT2D eigenvalue weighted by atomic mass is 10.0. The summed E-state index contributed by atoms with van der Waals surface area (Å²) in [6, 6.07) is 0. The minimum absolute atomic E-state index is 0.0326. The Morgan fingerprint density at radius 1 is 0.397 bits per heavy atom. The molecule has 0 aliphatic carbocycles. The van der Waals surface area contributed by atoms with Crippen molar-refractivity contribution >= 4 is 19.8 Å². The summed E-state index contributed by atoms with van der Waals surface area (Å²) in [5, 5.41) is 0. The monoisotopic (exact) mass is 1120 g/mol. The number of ether oxygens (including phenoxy) is 2. The van der Waals surface area contributed by atoms with Crippen molar-refractivity contribution in [1.29, 1.82) is 0 Å². The summed E-state index contributed by atoms with van der Waals surface area (Å²) in [7, 11) is 1.49. The van der Waals surface area contributed by atoms with Crippen molar-refractivity contribution in [3.05, 3.63) is 48.6 Å². The maximum Gasteiger partial charge on any atom is 0.472 e. The van der Waals surface area contributed by atoms with Crippen molar-refractivity contribution in [1.82, 2.24) is 0 Å². The molecule has 1 N–H and O–H groups in total. The molecule has 0 heterocycles. The standard InChI is InChI=1S/C68H128NO8P/c1-6-8-10-12-14-16-18-20-22-24-26-28-30-31-32-33-34-35-36-37-39-41-43-45-47-49-51-53-55-57-59-61-68(71)77-66(65-76-78(72,73)75-63-62-69(3,4)5)64-74-67(70)60-58-56-54-52-50-48-46-44-42-40-38-29-27-25-23-21-19-17-15-13-11-9-7-2/h18,20,24-27,30-31,66H,6-17,19,21-23,28-29,32-65H2,1-5H3/p+1/b20-18-,26-24-,27-25-,31-30-. The number of nitrogens with zero attached hydrogens (tertiary/aromatic N) is 1. The molecular weight excluding hydrogens is 990 g/mol. The van der Waals surface area contributed by atoms with Crippen LogP contribution in [0.5, 0.6) is 0 Å². The molecule has 0 aromatic heterocycles. The first-order chi connectivity index (χ1) is 38.0. The Morgan fingerprint density at radius 3 is 1.04 bits per heavy atom. The number of quaternary nitrogens is 1. The third-order valence-electron chi connectivity index (χ3n) is 14.8. The Hall–Kier alpha value is -2.03. The molecule has 0 rings (SSSR count). The Bertz CT molecular complexity index is 1460. The first-order valence-corrected chi connectivity index (χ1v) is 34.9. The van der Waals surface area contributed by atoms with Crippen molar-refractivity contribution in [2.75, 3.05) is 47.5 Å². The molecule has 2 unspecified atom stereocenters. The van der Waals surface area contributed by atoms with E-state index in [-0.39, 0.29) is 25.6 Å². The van der Waals surface area contributed by atoms with Gasteiger partial charge in [-0.25, -0.2) is 4.57 Å². The summed E-state index contributed by atoms with van der Waals surface area (Å²) in [6.07, 6.45) is 76.3. The van der Waals surface area contributed by atoms with Crippen LogP contribution < -0.4 is 0 Å². The second kappa shape index (κ2) is 59.6. The zero-order valence-corrected chi connectivity index (χ0v) is 53.1. The van der Waals surface area contributed by atoms with Crippen LogP contribution in [-0.2, 0) is 32.7 Å². The maximum absolute atomic E-state index is 12.9. The maximum atomic E-state index is 12.9.